The minimum atomic E-state index is 0.433. The minimum Gasteiger partial charge on any atom is -0.370 e. The molecule has 2 rings (SSSR count). The summed E-state index contributed by atoms with van der Waals surface area (Å²) in [6.07, 6.45) is 0. The molecular formula is C9H14ClN5. The van der Waals surface area contributed by atoms with E-state index in [1.165, 1.54) is 0 Å². The van der Waals surface area contributed by atoms with E-state index in [1.54, 1.807) is 0 Å². The van der Waals surface area contributed by atoms with Crippen molar-refractivity contribution >= 4 is 23.1 Å². The molecular weight excluding hydrogens is 214 g/mol. The van der Waals surface area contributed by atoms with Crippen LogP contribution in [0.1, 0.15) is 0 Å². The molecule has 0 amide bonds. The van der Waals surface area contributed by atoms with E-state index >= 15 is 0 Å². The maximum atomic E-state index is 5.85. The molecule has 1 aliphatic heterocycles. The summed E-state index contributed by atoms with van der Waals surface area (Å²) in [7, 11) is 1.84. The van der Waals surface area contributed by atoms with Gasteiger partial charge >= 0.3 is 0 Å². The molecule has 0 bridgehead atoms. The van der Waals surface area contributed by atoms with Gasteiger partial charge in [0.05, 0.1) is 5.69 Å². The summed E-state index contributed by atoms with van der Waals surface area (Å²) < 4.78 is 0. The van der Waals surface area contributed by atoms with Crippen molar-refractivity contribution < 1.29 is 0 Å². The van der Waals surface area contributed by atoms with Gasteiger partial charge in [-0.1, -0.05) is 11.6 Å². The molecule has 1 aliphatic rings. The number of nitrogens with one attached hydrogen (secondary N) is 2. The second-order valence-corrected chi connectivity index (χ2v) is 3.78. The fraction of sp³-hybridized carbons (Fsp3) is 0.556. The Bertz CT molecular complexity index is 337. The van der Waals surface area contributed by atoms with E-state index in [1.807, 2.05) is 13.1 Å². The summed E-state index contributed by atoms with van der Waals surface area (Å²) >= 11 is 5.85. The number of hydrogen-bond acceptors (Lipinski definition) is 5. The molecule has 15 heavy (non-hydrogen) atoms. The van der Waals surface area contributed by atoms with Crippen LogP contribution < -0.4 is 15.5 Å². The molecule has 0 saturated carbocycles. The first-order valence-electron chi connectivity index (χ1n) is 4.98. The lowest BCUT2D eigenvalue weighted by Crippen LogP contribution is -2.43. The van der Waals surface area contributed by atoms with Crippen LogP contribution in [0.3, 0.4) is 0 Å². The van der Waals surface area contributed by atoms with Gasteiger partial charge in [0.25, 0.3) is 0 Å². The molecule has 1 saturated heterocycles. The quantitative estimate of drug-likeness (QED) is 0.774. The van der Waals surface area contributed by atoms with Gasteiger partial charge in [-0.3, -0.25) is 0 Å². The van der Waals surface area contributed by atoms with Gasteiger partial charge in [-0.2, -0.15) is 0 Å². The first-order valence-corrected chi connectivity index (χ1v) is 5.35. The van der Waals surface area contributed by atoms with Gasteiger partial charge in [0.2, 0.25) is 0 Å². The molecule has 0 atom stereocenters. The van der Waals surface area contributed by atoms with E-state index in [9.17, 15) is 0 Å². The zero-order valence-electron chi connectivity index (χ0n) is 8.63. The van der Waals surface area contributed by atoms with Crippen LogP contribution in [0.25, 0.3) is 0 Å². The summed E-state index contributed by atoms with van der Waals surface area (Å²) in [5, 5.41) is 14.6. The average Bonchev–Trinajstić information content (AvgIpc) is 2.30. The lowest BCUT2D eigenvalue weighted by Gasteiger charge is -2.30. The van der Waals surface area contributed by atoms with E-state index in [-0.39, 0.29) is 0 Å². The zero-order valence-corrected chi connectivity index (χ0v) is 9.38. The number of halogens is 1. The minimum absolute atomic E-state index is 0.433. The predicted molar refractivity (Wildman–Crippen MR) is 61.7 cm³/mol. The lowest BCUT2D eigenvalue weighted by molar-refractivity contribution is 0.588. The van der Waals surface area contributed by atoms with Crippen LogP contribution in [0.5, 0.6) is 0 Å². The molecule has 1 aromatic rings. The molecule has 6 heteroatoms. The highest BCUT2D eigenvalue weighted by Gasteiger charge is 2.15. The molecule has 0 unspecified atom stereocenters. The van der Waals surface area contributed by atoms with E-state index in [2.05, 4.69) is 25.7 Å². The molecule has 82 valence electrons. The van der Waals surface area contributed by atoms with Gasteiger partial charge in [0, 0.05) is 39.3 Å². The topological polar surface area (TPSA) is 53.1 Å². The third-order valence-electron chi connectivity index (χ3n) is 2.44. The predicted octanol–water partition coefficient (Wildman–Crippen LogP) is 0.581. The Labute approximate surface area is 93.8 Å². The van der Waals surface area contributed by atoms with Crippen molar-refractivity contribution in [1.82, 2.24) is 15.5 Å². The number of hydrogen-bond donors (Lipinski definition) is 2. The first-order chi connectivity index (χ1) is 7.31. The number of piperazine rings is 1. The van der Waals surface area contributed by atoms with Crippen LogP contribution in [0.15, 0.2) is 6.07 Å². The van der Waals surface area contributed by atoms with Gasteiger partial charge < -0.3 is 15.5 Å². The van der Waals surface area contributed by atoms with Crippen LogP contribution in [0.2, 0.25) is 5.15 Å². The van der Waals surface area contributed by atoms with Gasteiger partial charge in [0.15, 0.2) is 11.0 Å². The van der Waals surface area contributed by atoms with Crippen LogP contribution in [-0.4, -0.2) is 43.4 Å². The highest BCUT2D eigenvalue weighted by Crippen LogP contribution is 2.25. The number of anilines is 2. The van der Waals surface area contributed by atoms with Crippen molar-refractivity contribution in [2.24, 2.45) is 0 Å². The fourth-order valence-electron chi connectivity index (χ4n) is 1.68. The van der Waals surface area contributed by atoms with Crippen molar-refractivity contribution in [3.63, 3.8) is 0 Å². The Kier molecular flexibility index (Phi) is 3.23. The van der Waals surface area contributed by atoms with Crippen molar-refractivity contribution in [3.8, 4) is 0 Å². The SMILES string of the molecule is CNc1nnc(Cl)cc1N1CCNCC1. The summed E-state index contributed by atoms with van der Waals surface area (Å²) in [5.74, 6) is 0.779. The van der Waals surface area contributed by atoms with Crippen molar-refractivity contribution in [2.75, 3.05) is 43.4 Å². The third-order valence-corrected chi connectivity index (χ3v) is 2.62. The van der Waals surface area contributed by atoms with Crippen LogP contribution >= 0.6 is 11.6 Å². The number of aromatic nitrogens is 2. The van der Waals surface area contributed by atoms with Crippen molar-refractivity contribution in [3.05, 3.63) is 11.2 Å². The Balaban J connectivity index is 2.27. The lowest BCUT2D eigenvalue weighted by atomic mass is 10.3. The van der Waals surface area contributed by atoms with Crippen molar-refractivity contribution in [1.29, 1.82) is 0 Å². The Morgan fingerprint density at radius 1 is 1.40 bits per heavy atom. The van der Waals surface area contributed by atoms with Gasteiger partial charge in [-0.25, -0.2) is 0 Å². The summed E-state index contributed by atoms with van der Waals surface area (Å²) in [4.78, 5) is 2.25. The van der Waals surface area contributed by atoms with Gasteiger partial charge in [-0.05, 0) is 0 Å². The Morgan fingerprint density at radius 2 is 2.13 bits per heavy atom. The van der Waals surface area contributed by atoms with Gasteiger partial charge in [-0.15, -0.1) is 10.2 Å². The smallest absolute Gasteiger partial charge is 0.172 e. The van der Waals surface area contributed by atoms with Gasteiger partial charge in [0.1, 0.15) is 0 Å². The van der Waals surface area contributed by atoms with Crippen LogP contribution in [0, 0.1) is 0 Å². The molecule has 0 spiro atoms. The summed E-state index contributed by atoms with van der Waals surface area (Å²) in [6, 6.07) is 1.85. The van der Waals surface area contributed by atoms with Crippen LogP contribution in [0.4, 0.5) is 11.5 Å². The molecule has 1 fully saturated rings. The second kappa shape index (κ2) is 4.63. The molecule has 0 aliphatic carbocycles. The maximum absolute atomic E-state index is 5.85. The highest BCUT2D eigenvalue weighted by atomic mass is 35.5. The monoisotopic (exact) mass is 227 g/mol. The van der Waals surface area contributed by atoms with E-state index in [0.717, 1.165) is 37.7 Å². The molecule has 2 heterocycles. The van der Waals surface area contributed by atoms with E-state index < -0.39 is 0 Å². The third kappa shape index (κ3) is 2.30. The molecule has 1 aromatic heterocycles. The Hall–Kier alpha value is -1.07. The molecule has 0 aromatic carbocycles. The average molecular weight is 228 g/mol. The number of nitrogens with zero attached hydrogens (tertiary/aromatic N) is 3. The van der Waals surface area contributed by atoms with E-state index in [4.69, 9.17) is 11.6 Å². The number of rotatable bonds is 2. The Morgan fingerprint density at radius 3 is 2.80 bits per heavy atom. The second-order valence-electron chi connectivity index (χ2n) is 3.39. The standard InChI is InChI=1S/C9H14ClN5/c1-11-9-7(6-8(10)13-14-9)15-4-2-12-3-5-15/h6,12H,2-5H2,1H3,(H,11,14). The first kappa shape index (κ1) is 10.4. The maximum Gasteiger partial charge on any atom is 0.172 e. The largest absolute Gasteiger partial charge is 0.370 e. The molecule has 0 radical (unpaired) electrons. The zero-order chi connectivity index (χ0) is 10.7. The normalized spacial score (nSPS) is 16.5. The van der Waals surface area contributed by atoms with E-state index in [0.29, 0.717) is 5.15 Å². The summed E-state index contributed by atoms with van der Waals surface area (Å²) in [5.41, 5.74) is 1.03. The highest BCUT2D eigenvalue weighted by molar-refractivity contribution is 6.29. The fourth-order valence-corrected chi connectivity index (χ4v) is 1.83. The molecule has 5 nitrogen and oxygen atoms in total. The molecule has 2 N–H and O–H groups in total. The van der Waals surface area contributed by atoms with Crippen LogP contribution in [-0.2, 0) is 0 Å². The van der Waals surface area contributed by atoms with Crippen molar-refractivity contribution in [2.45, 2.75) is 0 Å². The summed E-state index contributed by atoms with van der Waals surface area (Å²) in [6.45, 7) is 3.92.